The number of methoxy groups -OCH3 is 1. The van der Waals surface area contributed by atoms with Crippen LogP contribution in [0.15, 0.2) is 47.5 Å². The summed E-state index contributed by atoms with van der Waals surface area (Å²) in [4.78, 5) is 9.09. The van der Waals surface area contributed by atoms with Gasteiger partial charge in [0, 0.05) is 12.2 Å². The smallest absolute Gasteiger partial charge is 0.191 e. The topological polar surface area (TPSA) is 58.5 Å². The first kappa shape index (κ1) is 20.2. The lowest BCUT2D eigenvalue weighted by Gasteiger charge is -2.11. The predicted molar refractivity (Wildman–Crippen MR) is 109 cm³/mol. The molecule has 0 spiro atoms. The number of rotatable bonds is 6. The van der Waals surface area contributed by atoms with Gasteiger partial charge in [0.25, 0.3) is 0 Å². The van der Waals surface area contributed by atoms with Crippen LogP contribution in [0.1, 0.15) is 23.9 Å². The highest BCUT2D eigenvalue weighted by atomic mass is 127. The molecule has 1 heterocycles. The summed E-state index contributed by atoms with van der Waals surface area (Å²) in [5.74, 6) is 1.62. The van der Waals surface area contributed by atoms with Crippen molar-refractivity contribution in [1.82, 2.24) is 15.6 Å². The Bertz CT molecular complexity index is 661. The number of hydrogen-bond donors (Lipinski definition) is 2. The predicted octanol–water partition coefficient (Wildman–Crippen LogP) is 3.27. The van der Waals surface area contributed by atoms with Crippen molar-refractivity contribution in [3.63, 3.8) is 0 Å². The normalized spacial score (nSPS) is 10.7. The molecule has 6 heteroatoms. The van der Waals surface area contributed by atoms with Gasteiger partial charge < -0.3 is 15.4 Å². The van der Waals surface area contributed by atoms with E-state index < -0.39 is 0 Å². The molecule has 0 unspecified atom stereocenters. The molecule has 0 aliphatic rings. The summed E-state index contributed by atoms with van der Waals surface area (Å²) in [6.45, 7) is 6.09. The minimum atomic E-state index is 0. The second kappa shape index (κ2) is 10.9. The molecular weight excluding hydrogens is 415 g/mol. The van der Waals surface area contributed by atoms with Crippen LogP contribution in [-0.4, -0.2) is 24.6 Å². The lowest BCUT2D eigenvalue weighted by atomic mass is 10.2. The van der Waals surface area contributed by atoms with Crippen LogP contribution in [0.5, 0.6) is 5.75 Å². The number of nitrogens with one attached hydrogen (secondary N) is 2. The third kappa shape index (κ3) is 6.74. The third-order valence-electron chi connectivity index (χ3n) is 3.28. The Labute approximate surface area is 161 Å². The van der Waals surface area contributed by atoms with Crippen LogP contribution >= 0.6 is 24.0 Å². The molecular formula is C18H25IN4O. The van der Waals surface area contributed by atoms with Gasteiger partial charge in [-0.1, -0.05) is 18.2 Å². The van der Waals surface area contributed by atoms with Crippen LogP contribution in [0.3, 0.4) is 0 Å². The van der Waals surface area contributed by atoms with E-state index >= 15 is 0 Å². The number of pyridine rings is 1. The van der Waals surface area contributed by atoms with Gasteiger partial charge in [-0.15, -0.1) is 24.0 Å². The van der Waals surface area contributed by atoms with Crippen molar-refractivity contribution in [2.24, 2.45) is 4.99 Å². The van der Waals surface area contributed by atoms with Crippen molar-refractivity contribution < 1.29 is 4.74 Å². The molecule has 5 nitrogen and oxygen atoms in total. The van der Waals surface area contributed by atoms with Gasteiger partial charge in [-0.25, -0.2) is 4.99 Å². The number of aromatic nitrogens is 1. The Morgan fingerprint density at radius 2 is 1.96 bits per heavy atom. The molecule has 0 saturated heterocycles. The van der Waals surface area contributed by atoms with Gasteiger partial charge in [-0.2, -0.15) is 0 Å². The molecule has 0 saturated carbocycles. The highest BCUT2D eigenvalue weighted by Crippen LogP contribution is 2.13. The highest BCUT2D eigenvalue weighted by molar-refractivity contribution is 14.0. The van der Waals surface area contributed by atoms with Crippen LogP contribution in [0.4, 0.5) is 0 Å². The molecule has 0 fully saturated rings. The summed E-state index contributed by atoms with van der Waals surface area (Å²) in [5.41, 5.74) is 3.12. The molecule has 2 aromatic rings. The lowest BCUT2D eigenvalue weighted by molar-refractivity contribution is 0.414. The van der Waals surface area contributed by atoms with Crippen LogP contribution in [-0.2, 0) is 13.1 Å². The SMILES string of the molecule is CCNC(=NCc1cccc(OC)c1)NCc1cccc(C)n1.I. The Kier molecular flexibility index (Phi) is 9.14. The number of aryl methyl sites for hydroxylation is 1. The zero-order valence-electron chi connectivity index (χ0n) is 14.4. The minimum Gasteiger partial charge on any atom is -0.497 e. The molecule has 2 N–H and O–H groups in total. The van der Waals surface area contributed by atoms with E-state index in [1.54, 1.807) is 7.11 Å². The van der Waals surface area contributed by atoms with Crippen LogP contribution in [0, 0.1) is 6.92 Å². The molecule has 0 radical (unpaired) electrons. The fraction of sp³-hybridized carbons (Fsp3) is 0.333. The summed E-state index contributed by atoms with van der Waals surface area (Å²) in [6, 6.07) is 13.9. The van der Waals surface area contributed by atoms with Crippen molar-refractivity contribution in [3.8, 4) is 5.75 Å². The first-order valence-corrected chi connectivity index (χ1v) is 7.79. The highest BCUT2D eigenvalue weighted by Gasteiger charge is 2.00. The molecule has 1 aromatic carbocycles. The van der Waals surface area contributed by atoms with Crippen molar-refractivity contribution in [2.75, 3.05) is 13.7 Å². The molecule has 130 valence electrons. The maximum atomic E-state index is 5.24. The van der Waals surface area contributed by atoms with Crippen LogP contribution < -0.4 is 15.4 Å². The molecule has 0 bridgehead atoms. The monoisotopic (exact) mass is 440 g/mol. The summed E-state index contributed by atoms with van der Waals surface area (Å²) >= 11 is 0. The number of hydrogen-bond acceptors (Lipinski definition) is 3. The summed E-state index contributed by atoms with van der Waals surface area (Å²) < 4.78 is 5.24. The van der Waals surface area contributed by atoms with E-state index in [9.17, 15) is 0 Å². The second-order valence-corrected chi connectivity index (χ2v) is 5.17. The van der Waals surface area contributed by atoms with E-state index in [4.69, 9.17) is 4.74 Å². The molecule has 0 aliphatic carbocycles. The average molecular weight is 440 g/mol. The van der Waals surface area contributed by atoms with Gasteiger partial charge in [0.2, 0.25) is 0 Å². The zero-order chi connectivity index (χ0) is 16.5. The van der Waals surface area contributed by atoms with Gasteiger partial charge in [0.05, 0.1) is 25.9 Å². The van der Waals surface area contributed by atoms with Crippen LogP contribution in [0.2, 0.25) is 0 Å². The fourth-order valence-corrected chi connectivity index (χ4v) is 2.16. The van der Waals surface area contributed by atoms with E-state index in [1.807, 2.05) is 56.3 Å². The molecule has 24 heavy (non-hydrogen) atoms. The van der Waals surface area contributed by atoms with E-state index in [1.165, 1.54) is 0 Å². The molecule has 2 rings (SSSR count). The Morgan fingerprint density at radius 3 is 2.67 bits per heavy atom. The number of guanidine groups is 1. The van der Waals surface area contributed by atoms with Crippen molar-refractivity contribution in [1.29, 1.82) is 0 Å². The largest absolute Gasteiger partial charge is 0.497 e. The number of benzene rings is 1. The molecule has 0 amide bonds. The Balaban J connectivity index is 0.00000288. The van der Waals surface area contributed by atoms with Gasteiger partial charge in [0.15, 0.2) is 5.96 Å². The second-order valence-electron chi connectivity index (χ2n) is 5.17. The third-order valence-corrected chi connectivity index (χ3v) is 3.28. The lowest BCUT2D eigenvalue weighted by Crippen LogP contribution is -2.37. The van der Waals surface area contributed by atoms with E-state index in [2.05, 4.69) is 20.6 Å². The summed E-state index contributed by atoms with van der Waals surface area (Å²) in [7, 11) is 1.67. The van der Waals surface area contributed by atoms with E-state index in [0.717, 1.165) is 35.2 Å². The average Bonchev–Trinajstić information content (AvgIpc) is 2.57. The van der Waals surface area contributed by atoms with Crippen molar-refractivity contribution >= 4 is 29.9 Å². The maximum Gasteiger partial charge on any atom is 0.191 e. The molecule has 1 aromatic heterocycles. The summed E-state index contributed by atoms with van der Waals surface area (Å²) in [5, 5.41) is 6.55. The van der Waals surface area contributed by atoms with E-state index in [0.29, 0.717) is 13.1 Å². The van der Waals surface area contributed by atoms with E-state index in [-0.39, 0.29) is 24.0 Å². The fourth-order valence-electron chi connectivity index (χ4n) is 2.16. The zero-order valence-corrected chi connectivity index (χ0v) is 16.7. The molecule has 0 atom stereocenters. The van der Waals surface area contributed by atoms with Gasteiger partial charge in [-0.3, -0.25) is 4.98 Å². The quantitative estimate of drug-likeness (QED) is 0.411. The first-order chi connectivity index (χ1) is 11.2. The van der Waals surface area contributed by atoms with Gasteiger partial charge >= 0.3 is 0 Å². The molecule has 0 aliphatic heterocycles. The first-order valence-electron chi connectivity index (χ1n) is 7.79. The number of nitrogens with zero attached hydrogens (tertiary/aromatic N) is 2. The van der Waals surface area contributed by atoms with Crippen molar-refractivity contribution in [2.45, 2.75) is 26.9 Å². The summed E-state index contributed by atoms with van der Waals surface area (Å²) in [6.07, 6.45) is 0. The maximum absolute atomic E-state index is 5.24. The van der Waals surface area contributed by atoms with Gasteiger partial charge in [0.1, 0.15) is 5.75 Å². The Hall–Kier alpha value is -1.83. The van der Waals surface area contributed by atoms with Crippen LogP contribution in [0.25, 0.3) is 0 Å². The Morgan fingerprint density at radius 1 is 1.17 bits per heavy atom. The number of halogens is 1. The number of ether oxygens (including phenoxy) is 1. The number of aliphatic imine (C=N–C) groups is 1. The van der Waals surface area contributed by atoms with Gasteiger partial charge in [-0.05, 0) is 43.7 Å². The standard InChI is InChI=1S/C18H24N4O.HI/c1-4-19-18(21-13-16-9-5-7-14(2)22-16)20-12-15-8-6-10-17(11-15)23-3;/h5-11H,4,12-13H2,1-3H3,(H2,19,20,21);1H. The van der Waals surface area contributed by atoms with Crippen molar-refractivity contribution in [3.05, 3.63) is 59.4 Å². The minimum absolute atomic E-state index is 0.